The van der Waals surface area contributed by atoms with Crippen molar-refractivity contribution in [3.05, 3.63) is 71.9 Å². The summed E-state index contributed by atoms with van der Waals surface area (Å²) in [5.41, 5.74) is 3.15. The van der Waals surface area contributed by atoms with Gasteiger partial charge in [0, 0.05) is 17.7 Å². The molecule has 1 fully saturated rings. The van der Waals surface area contributed by atoms with Gasteiger partial charge in [-0.05, 0) is 49.7 Å². The third-order valence-electron chi connectivity index (χ3n) is 4.75. The van der Waals surface area contributed by atoms with Crippen LogP contribution in [0, 0.1) is 0 Å². The summed E-state index contributed by atoms with van der Waals surface area (Å²) in [6.07, 6.45) is 1.91. The van der Waals surface area contributed by atoms with Crippen LogP contribution in [-0.2, 0) is 14.4 Å². The molecule has 2 N–H and O–H groups in total. The second-order valence-corrected chi connectivity index (χ2v) is 6.99. The normalized spacial score (nSPS) is 16.0. The van der Waals surface area contributed by atoms with Crippen molar-refractivity contribution in [2.24, 2.45) is 4.99 Å². The topological polar surface area (TPSA) is 109 Å². The highest BCUT2D eigenvalue weighted by atomic mass is 16.7. The maximum absolute atomic E-state index is 12.9. The predicted octanol–water partition coefficient (Wildman–Crippen LogP) is 2.56. The number of carbonyl (C=O) groups is 3. The number of rotatable bonds is 7. The van der Waals surface area contributed by atoms with Crippen LogP contribution in [0.1, 0.15) is 30.6 Å². The largest absolute Gasteiger partial charge is 0.497 e. The molecule has 1 unspecified atom stereocenters. The number of benzene rings is 2. The minimum absolute atomic E-state index is 0.00548. The van der Waals surface area contributed by atoms with Crippen LogP contribution in [-0.4, -0.2) is 36.6 Å². The van der Waals surface area contributed by atoms with Crippen molar-refractivity contribution in [1.82, 2.24) is 10.9 Å². The smallest absolute Gasteiger partial charge is 0.376 e. The molecule has 1 atom stereocenters. The highest BCUT2D eigenvalue weighted by Gasteiger charge is 2.31. The summed E-state index contributed by atoms with van der Waals surface area (Å²) in [5.74, 6) is -1.27. The zero-order chi connectivity index (χ0) is 23.1. The summed E-state index contributed by atoms with van der Waals surface area (Å²) in [4.78, 5) is 46.8. The van der Waals surface area contributed by atoms with E-state index in [0.29, 0.717) is 23.4 Å². The number of methoxy groups -OCH3 is 1. The van der Waals surface area contributed by atoms with Crippen LogP contribution in [0.25, 0.3) is 0 Å². The van der Waals surface area contributed by atoms with E-state index >= 15 is 0 Å². The van der Waals surface area contributed by atoms with Crippen LogP contribution in [0.15, 0.2) is 71.4 Å². The van der Waals surface area contributed by atoms with Gasteiger partial charge in [0.05, 0.1) is 12.8 Å². The Hall–Kier alpha value is -3.98. The third kappa shape index (κ3) is 5.38. The van der Waals surface area contributed by atoms with Gasteiger partial charge in [-0.1, -0.05) is 30.7 Å². The van der Waals surface area contributed by atoms with Gasteiger partial charge in [-0.25, -0.2) is 14.8 Å². The molecule has 1 saturated heterocycles. The average molecular weight is 436 g/mol. The molecule has 0 radical (unpaired) electrons. The first-order valence-corrected chi connectivity index (χ1v) is 10.0. The molecule has 0 aliphatic carbocycles. The SMILES string of the molecule is CCC(C)NC(=O)C(/C=C1\C(=O)ONN1c1ccc(OC)cc1)=NC(=O)c1ccccc1. The van der Waals surface area contributed by atoms with Gasteiger partial charge in [-0.2, -0.15) is 0 Å². The predicted molar refractivity (Wildman–Crippen MR) is 119 cm³/mol. The van der Waals surface area contributed by atoms with E-state index in [1.165, 1.54) is 11.1 Å². The summed E-state index contributed by atoms with van der Waals surface area (Å²) in [5, 5.41) is 4.12. The molecular formula is C23H24N4O5. The lowest BCUT2D eigenvalue weighted by Gasteiger charge is -2.16. The van der Waals surface area contributed by atoms with Crippen molar-refractivity contribution in [2.45, 2.75) is 26.3 Å². The Morgan fingerprint density at radius 3 is 2.50 bits per heavy atom. The number of anilines is 1. The number of amides is 2. The second-order valence-electron chi connectivity index (χ2n) is 6.99. The summed E-state index contributed by atoms with van der Waals surface area (Å²) < 4.78 is 5.15. The lowest BCUT2D eigenvalue weighted by Crippen LogP contribution is -2.38. The van der Waals surface area contributed by atoms with Gasteiger partial charge in [0.1, 0.15) is 11.5 Å². The molecule has 0 bridgehead atoms. The van der Waals surface area contributed by atoms with Crippen LogP contribution >= 0.6 is 0 Å². The minimum atomic E-state index is -0.725. The van der Waals surface area contributed by atoms with E-state index in [4.69, 9.17) is 9.57 Å². The molecule has 166 valence electrons. The van der Waals surface area contributed by atoms with Crippen LogP contribution in [0.4, 0.5) is 5.69 Å². The highest BCUT2D eigenvalue weighted by molar-refractivity contribution is 6.45. The fourth-order valence-corrected chi connectivity index (χ4v) is 2.76. The summed E-state index contributed by atoms with van der Waals surface area (Å²) in [7, 11) is 1.55. The van der Waals surface area contributed by atoms with Crippen LogP contribution in [0.3, 0.4) is 0 Å². The lowest BCUT2D eigenvalue weighted by molar-refractivity contribution is -0.140. The van der Waals surface area contributed by atoms with E-state index in [0.717, 1.165) is 0 Å². The zero-order valence-electron chi connectivity index (χ0n) is 18.0. The van der Waals surface area contributed by atoms with Gasteiger partial charge in [-0.3, -0.25) is 9.59 Å². The van der Waals surface area contributed by atoms with Crippen molar-refractivity contribution < 1.29 is 24.0 Å². The highest BCUT2D eigenvalue weighted by Crippen LogP contribution is 2.24. The van der Waals surface area contributed by atoms with E-state index in [1.54, 1.807) is 61.7 Å². The molecule has 1 aliphatic rings. The van der Waals surface area contributed by atoms with E-state index in [2.05, 4.69) is 15.9 Å². The van der Waals surface area contributed by atoms with E-state index in [1.807, 2.05) is 13.8 Å². The molecule has 9 nitrogen and oxygen atoms in total. The maximum atomic E-state index is 12.9. The van der Waals surface area contributed by atoms with Crippen LogP contribution < -0.4 is 20.7 Å². The molecule has 3 rings (SSSR count). The summed E-state index contributed by atoms with van der Waals surface area (Å²) in [6.45, 7) is 3.75. The van der Waals surface area contributed by atoms with Gasteiger partial charge >= 0.3 is 5.97 Å². The van der Waals surface area contributed by atoms with Crippen molar-refractivity contribution in [3.8, 4) is 5.75 Å². The Morgan fingerprint density at radius 1 is 1.19 bits per heavy atom. The molecule has 2 aromatic rings. The number of ether oxygens (including phenoxy) is 1. The van der Waals surface area contributed by atoms with Crippen LogP contribution in [0.5, 0.6) is 5.75 Å². The fraction of sp³-hybridized carbons (Fsp3) is 0.217. The van der Waals surface area contributed by atoms with Gasteiger partial charge in [0.2, 0.25) is 0 Å². The number of nitrogens with zero attached hydrogens (tertiary/aromatic N) is 2. The van der Waals surface area contributed by atoms with Gasteiger partial charge < -0.3 is 14.9 Å². The summed E-state index contributed by atoms with van der Waals surface area (Å²) >= 11 is 0. The van der Waals surface area contributed by atoms with Crippen molar-refractivity contribution in [1.29, 1.82) is 0 Å². The number of nitrogens with one attached hydrogen (secondary N) is 2. The molecule has 32 heavy (non-hydrogen) atoms. The first-order valence-electron chi connectivity index (χ1n) is 10.0. The number of hydrazine groups is 1. The van der Waals surface area contributed by atoms with Gasteiger partial charge in [0.15, 0.2) is 5.70 Å². The Morgan fingerprint density at radius 2 is 1.88 bits per heavy atom. The molecule has 0 spiro atoms. The van der Waals surface area contributed by atoms with Crippen molar-refractivity contribution in [3.63, 3.8) is 0 Å². The molecule has 1 aliphatic heterocycles. The fourth-order valence-electron chi connectivity index (χ4n) is 2.76. The van der Waals surface area contributed by atoms with Crippen molar-refractivity contribution in [2.75, 3.05) is 12.1 Å². The lowest BCUT2D eigenvalue weighted by atomic mass is 10.2. The molecule has 1 heterocycles. The first-order chi connectivity index (χ1) is 15.4. The molecule has 2 amide bonds. The second kappa shape index (κ2) is 10.4. The standard InChI is InChI=1S/C23H24N4O5/c1-4-15(2)24-22(29)19(25-21(28)16-8-6-5-7-9-16)14-20-23(30)32-26-27(20)17-10-12-18(31-3)13-11-17/h5-15,26H,4H2,1-3H3,(H,24,29)/b20-14+,25-19?. The Balaban J connectivity index is 1.99. The van der Waals surface area contributed by atoms with Crippen LogP contribution in [0.2, 0.25) is 0 Å². The van der Waals surface area contributed by atoms with E-state index in [9.17, 15) is 14.4 Å². The van der Waals surface area contributed by atoms with E-state index in [-0.39, 0.29) is 17.5 Å². The molecular weight excluding hydrogens is 412 g/mol. The van der Waals surface area contributed by atoms with Gasteiger partial charge in [-0.15, -0.1) is 0 Å². The number of hydrogen-bond donors (Lipinski definition) is 2. The first kappa shape index (κ1) is 22.7. The van der Waals surface area contributed by atoms with E-state index < -0.39 is 17.8 Å². The Bertz CT molecular complexity index is 1050. The maximum Gasteiger partial charge on any atom is 0.376 e. The number of hydrogen-bond acceptors (Lipinski definition) is 7. The quantitative estimate of drug-likeness (QED) is 0.507. The monoisotopic (exact) mass is 436 g/mol. The summed E-state index contributed by atoms with van der Waals surface area (Å²) in [6, 6.07) is 15.0. The Labute approximate surface area is 185 Å². The molecule has 0 saturated carbocycles. The molecule has 2 aromatic carbocycles. The van der Waals surface area contributed by atoms with Crippen molar-refractivity contribution >= 4 is 29.2 Å². The third-order valence-corrected chi connectivity index (χ3v) is 4.75. The Kier molecular flexibility index (Phi) is 7.35. The minimum Gasteiger partial charge on any atom is -0.497 e. The average Bonchev–Trinajstić information content (AvgIpc) is 3.18. The molecule has 0 aromatic heterocycles. The zero-order valence-corrected chi connectivity index (χ0v) is 18.0. The molecule has 9 heteroatoms. The number of aliphatic imine (C=N–C) groups is 1. The van der Waals surface area contributed by atoms with Gasteiger partial charge in [0.25, 0.3) is 11.8 Å². The number of carbonyl (C=O) groups excluding carboxylic acids is 3.